The number of anilines is 1. The van der Waals surface area contributed by atoms with Gasteiger partial charge in [-0.3, -0.25) is 9.59 Å². The minimum Gasteiger partial charge on any atom is -0.457 e. The van der Waals surface area contributed by atoms with Gasteiger partial charge in [0.2, 0.25) is 0 Å². The summed E-state index contributed by atoms with van der Waals surface area (Å²) in [5, 5.41) is 2.12. The average Bonchev–Trinajstić information content (AvgIpc) is 3.00. The van der Waals surface area contributed by atoms with Gasteiger partial charge in [-0.05, 0) is 47.9 Å². The van der Waals surface area contributed by atoms with E-state index in [9.17, 15) is 9.59 Å². The second-order valence-corrected chi connectivity index (χ2v) is 6.56. The van der Waals surface area contributed by atoms with Crippen molar-refractivity contribution in [3.8, 4) is 11.5 Å². The van der Waals surface area contributed by atoms with E-state index in [0.29, 0.717) is 22.6 Å². The molecular formula is C24H15NO3. The predicted molar refractivity (Wildman–Crippen MR) is 108 cm³/mol. The molecule has 0 spiro atoms. The van der Waals surface area contributed by atoms with E-state index in [-0.39, 0.29) is 11.8 Å². The Kier molecular flexibility index (Phi) is 3.69. The second kappa shape index (κ2) is 6.35. The van der Waals surface area contributed by atoms with Crippen molar-refractivity contribution in [2.75, 3.05) is 4.90 Å². The van der Waals surface area contributed by atoms with Crippen LogP contribution in [0.25, 0.3) is 10.8 Å². The van der Waals surface area contributed by atoms with Crippen LogP contribution in [-0.2, 0) is 0 Å². The van der Waals surface area contributed by atoms with Crippen molar-refractivity contribution in [3.63, 3.8) is 0 Å². The number of rotatable bonds is 3. The Hall–Kier alpha value is -3.92. The Morgan fingerprint density at radius 1 is 0.607 bits per heavy atom. The fraction of sp³-hybridized carbons (Fsp3) is 0. The number of hydrogen-bond donors (Lipinski definition) is 0. The fourth-order valence-electron chi connectivity index (χ4n) is 3.50. The molecule has 0 unspecified atom stereocenters. The summed E-state index contributed by atoms with van der Waals surface area (Å²) in [6.45, 7) is 0. The lowest BCUT2D eigenvalue weighted by atomic mass is 10.1. The van der Waals surface area contributed by atoms with Crippen LogP contribution >= 0.6 is 0 Å². The zero-order valence-electron chi connectivity index (χ0n) is 14.8. The van der Waals surface area contributed by atoms with Crippen LogP contribution in [0.2, 0.25) is 0 Å². The van der Waals surface area contributed by atoms with Crippen LogP contribution in [-0.4, -0.2) is 11.8 Å². The quantitative estimate of drug-likeness (QED) is 0.455. The van der Waals surface area contributed by atoms with Crippen LogP contribution in [0.3, 0.4) is 0 Å². The fourth-order valence-corrected chi connectivity index (χ4v) is 3.50. The van der Waals surface area contributed by atoms with Crippen molar-refractivity contribution in [1.82, 2.24) is 0 Å². The number of benzene rings is 4. The number of carbonyl (C=O) groups excluding carboxylic acids is 2. The summed E-state index contributed by atoms with van der Waals surface area (Å²) in [6.07, 6.45) is 0. The molecule has 0 aromatic heterocycles. The van der Waals surface area contributed by atoms with Gasteiger partial charge in [0, 0.05) is 5.39 Å². The third-order valence-corrected chi connectivity index (χ3v) is 4.87. The Labute approximate surface area is 161 Å². The minimum atomic E-state index is -0.302. The molecule has 134 valence electrons. The zero-order chi connectivity index (χ0) is 19.1. The maximum Gasteiger partial charge on any atom is 0.266 e. The predicted octanol–water partition coefficient (Wildman–Crippen LogP) is 5.43. The van der Waals surface area contributed by atoms with Crippen LogP contribution in [0.5, 0.6) is 11.5 Å². The summed E-state index contributed by atoms with van der Waals surface area (Å²) in [7, 11) is 0. The van der Waals surface area contributed by atoms with Gasteiger partial charge in [0.25, 0.3) is 11.8 Å². The Balaban J connectivity index is 1.44. The third-order valence-electron chi connectivity index (χ3n) is 4.87. The van der Waals surface area contributed by atoms with Crippen molar-refractivity contribution >= 4 is 28.3 Å². The van der Waals surface area contributed by atoms with Crippen LogP contribution in [0.4, 0.5) is 5.69 Å². The van der Waals surface area contributed by atoms with Gasteiger partial charge in [-0.2, -0.15) is 0 Å². The first-order valence-corrected chi connectivity index (χ1v) is 8.96. The third kappa shape index (κ3) is 2.55. The van der Waals surface area contributed by atoms with E-state index < -0.39 is 0 Å². The molecule has 4 nitrogen and oxygen atoms in total. The molecular weight excluding hydrogens is 350 g/mol. The van der Waals surface area contributed by atoms with Gasteiger partial charge in [0.15, 0.2) is 0 Å². The highest BCUT2D eigenvalue weighted by Gasteiger charge is 2.36. The van der Waals surface area contributed by atoms with Crippen molar-refractivity contribution in [1.29, 1.82) is 0 Å². The highest BCUT2D eigenvalue weighted by atomic mass is 16.5. The monoisotopic (exact) mass is 365 g/mol. The Bertz CT molecular complexity index is 1190. The molecule has 0 atom stereocenters. The molecule has 4 aromatic rings. The molecule has 0 aliphatic carbocycles. The number of ether oxygens (including phenoxy) is 1. The maximum absolute atomic E-state index is 12.6. The second-order valence-electron chi connectivity index (χ2n) is 6.56. The highest BCUT2D eigenvalue weighted by molar-refractivity contribution is 6.34. The number of amides is 2. The van der Waals surface area contributed by atoms with E-state index in [1.807, 2.05) is 42.5 Å². The minimum absolute atomic E-state index is 0.302. The van der Waals surface area contributed by atoms with E-state index in [4.69, 9.17) is 4.74 Å². The molecule has 0 N–H and O–H groups in total. The van der Waals surface area contributed by atoms with Crippen LogP contribution < -0.4 is 9.64 Å². The number of carbonyl (C=O) groups is 2. The standard InChI is InChI=1S/C24H15NO3/c26-23-20-9-3-4-10-21(20)24(27)25(23)17-12-14-18(15-13-17)28-22-11-5-7-16-6-1-2-8-19(16)22/h1-15H. The summed E-state index contributed by atoms with van der Waals surface area (Å²) >= 11 is 0. The average molecular weight is 365 g/mol. The van der Waals surface area contributed by atoms with E-state index in [2.05, 4.69) is 0 Å². The lowest BCUT2D eigenvalue weighted by Crippen LogP contribution is -2.29. The van der Waals surface area contributed by atoms with E-state index in [1.165, 1.54) is 4.90 Å². The topological polar surface area (TPSA) is 46.6 Å². The van der Waals surface area contributed by atoms with Gasteiger partial charge in [0.1, 0.15) is 11.5 Å². The van der Waals surface area contributed by atoms with Gasteiger partial charge in [-0.15, -0.1) is 0 Å². The van der Waals surface area contributed by atoms with E-state index in [1.54, 1.807) is 48.5 Å². The molecule has 1 aliphatic rings. The largest absolute Gasteiger partial charge is 0.457 e. The van der Waals surface area contributed by atoms with Crippen molar-refractivity contribution in [2.24, 2.45) is 0 Å². The van der Waals surface area contributed by atoms with Gasteiger partial charge in [-0.1, -0.05) is 48.5 Å². The molecule has 4 aromatic carbocycles. The normalized spacial score (nSPS) is 13.1. The van der Waals surface area contributed by atoms with Gasteiger partial charge in [-0.25, -0.2) is 4.90 Å². The number of imide groups is 1. The molecule has 0 saturated heterocycles. The van der Waals surface area contributed by atoms with Gasteiger partial charge < -0.3 is 4.74 Å². The molecule has 5 rings (SSSR count). The number of hydrogen-bond acceptors (Lipinski definition) is 3. The molecule has 1 heterocycles. The molecule has 0 bridgehead atoms. The molecule has 2 amide bonds. The zero-order valence-corrected chi connectivity index (χ0v) is 14.8. The Morgan fingerprint density at radius 2 is 1.21 bits per heavy atom. The van der Waals surface area contributed by atoms with Crippen molar-refractivity contribution in [3.05, 3.63) is 102 Å². The van der Waals surface area contributed by atoms with Crippen LogP contribution in [0, 0.1) is 0 Å². The van der Waals surface area contributed by atoms with E-state index >= 15 is 0 Å². The maximum atomic E-state index is 12.6. The molecule has 28 heavy (non-hydrogen) atoms. The number of nitrogens with zero attached hydrogens (tertiary/aromatic N) is 1. The highest BCUT2D eigenvalue weighted by Crippen LogP contribution is 2.33. The number of fused-ring (bicyclic) bond motifs is 2. The molecule has 0 radical (unpaired) electrons. The van der Waals surface area contributed by atoms with Gasteiger partial charge >= 0.3 is 0 Å². The smallest absolute Gasteiger partial charge is 0.266 e. The van der Waals surface area contributed by atoms with E-state index in [0.717, 1.165) is 16.5 Å². The summed E-state index contributed by atoms with van der Waals surface area (Å²) in [5.74, 6) is 0.787. The summed E-state index contributed by atoms with van der Waals surface area (Å²) in [4.78, 5) is 26.4. The summed E-state index contributed by atoms with van der Waals surface area (Å²) in [6, 6.07) is 27.8. The summed E-state index contributed by atoms with van der Waals surface area (Å²) < 4.78 is 6.04. The van der Waals surface area contributed by atoms with Gasteiger partial charge in [0.05, 0.1) is 16.8 Å². The first kappa shape index (κ1) is 16.3. The summed E-state index contributed by atoms with van der Waals surface area (Å²) in [5.41, 5.74) is 1.39. The first-order chi connectivity index (χ1) is 13.7. The molecule has 0 saturated carbocycles. The first-order valence-electron chi connectivity index (χ1n) is 8.96. The molecule has 0 fully saturated rings. The van der Waals surface area contributed by atoms with Crippen molar-refractivity contribution < 1.29 is 14.3 Å². The SMILES string of the molecule is O=C1c2ccccc2C(=O)N1c1ccc(Oc2cccc3ccccc23)cc1. The van der Waals surface area contributed by atoms with Crippen molar-refractivity contribution in [2.45, 2.75) is 0 Å². The molecule has 4 heteroatoms. The van der Waals surface area contributed by atoms with Crippen LogP contribution in [0.1, 0.15) is 20.7 Å². The lowest BCUT2D eigenvalue weighted by Gasteiger charge is -2.15. The Morgan fingerprint density at radius 3 is 1.93 bits per heavy atom. The lowest BCUT2D eigenvalue weighted by molar-refractivity contribution is 0.0926. The molecule has 1 aliphatic heterocycles. The van der Waals surface area contributed by atoms with Crippen LogP contribution in [0.15, 0.2) is 91.0 Å².